The maximum atomic E-state index is 11.4. The smallest absolute Gasteiger partial charge is 0.239 e. The van der Waals surface area contributed by atoms with E-state index >= 15 is 0 Å². The van der Waals surface area contributed by atoms with Gasteiger partial charge in [0.25, 0.3) is 0 Å². The van der Waals surface area contributed by atoms with Crippen LogP contribution in [-0.4, -0.2) is 30.5 Å². The lowest BCUT2D eigenvalue weighted by Gasteiger charge is -2.20. The van der Waals surface area contributed by atoms with E-state index in [1.165, 1.54) is 0 Å². The Morgan fingerprint density at radius 1 is 1.50 bits per heavy atom. The van der Waals surface area contributed by atoms with Crippen molar-refractivity contribution in [1.82, 2.24) is 10.3 Å². The molecule has 6 heteroatoms. The van der Waals surface area contributed by atoms with Crippen molar-refractivity contribution in [2.75, 3.05) is 30.0 Å². The van der Waals surface area contributed by atoms with Crippen LogP contribution in [0.3, 0.4) is 0 Å². The Labute approximate surface area is 93.8 Å². The minimum Gasteiger partial charge on any atom is -0.354 e. The van der Waals surface area contributed by atoms with Gasteiger partial charge in [-0.3, -0.25) is 4.79 Å². The molecule has 0 aromatic carbocycles. The summed E-state index contributed by atoms with van der Waals surface area (Å²) in [6.07, 6.45) is 0.924. The first-order valence-electron chi connectivity index (χ1n) is 5.25. The van der Waals surface area contributed by atoms with E-state index in [0.29, 0.717) is 12.4 Å². The molecular formula is C10H15N5O. The minimum atomic E-state index is 0.0328. The van der Waals surface area contributed by atoms with Gasteiger partial charge < -0.3 is 15.6 Å². The largest absolute Gasteiger partial charge is 0.354 e. The number of hydrazine groups is 1. The normalized spacial score (nSPS) is 16.6. The summed E-state index contributed by atoms with van der Waals surface area (Å²) >= 11 is 0. The van der Waals surface area contributed by atoms with Crippen LogP contribution in [0.4, 0.5) is 11.6 Å². The molecule has 1 aliphatic rings. The highest BCUT2D eigenvalue weighted by molar-refractivity contribution is 5.81. The number of pyridine rings is 1. The molecular weight excluding hydrogens is 206 g/mol. The van der Waals surface area contributed by atoms with E-state index in [2.05, 4.69) is 15.7 Å². The number of hydrogen-bond acceptors (Lipinski definition) is 5. The Morgan fingerprint density at radius 2 is 2.38 bits per heavy atom. The van der Waals surface area contributed by atoms with Crippen molar-refractivity contribution in [1.29, 1.82) is 0 Å². The van der Waals surface area contributed by atoms with Crippen molar-refractivity contribution in [3.63, 3.8) is 0 Å². The zero-order valence-electron chi connectivity index (χ0n) is 8.94. The first-order valence-corrected chi connectivity index (χ1v) is 5.25. The number of carbonyl (C=O) groups excluding carboxylic acids is 1. The number of rotatable bonds is 2. The lowest BCUT2D eigenvalue weighted by atomic mass is 10.3. The van der Waals surface area contributed by atoms with Crippen molar-refractivity contribution in [2.45, 2.75) is 6.42 Å². The summed E-state index contributed by atoms with van der Waals surface area (Å²) < 4.78 is 0. The van der Waals surface area contributed by atoms with Gasteiger partial charge in [-0.25, -0.2) is 10.8 Å². The van der Waals surface area contributed by atoms with Crippen LogP contribution < -0.4 is 21.5 Å². The summed E-state index contributed by atoms with van der Waals surface area (Å²) in [5.41, 5.74) is 2.49. The van der Waals surface area contributed by atoms with Crippen molar-refractivity contribution >= 4 is 17.5 Å². The van der Waals surface area contributed by atoms with E-state index < -0.39 is 0 Å². The first-order chi connectivity index (χ1) is 7.79. The summed E-state index contributed by atoms with van der Waals surface area (Å²) in [5, 5.41) is 2.82. The topological polar surface area (TPSA) is 83.3 Å². The fourth-order valence-corrected chi connectivity index (χ4v) is 1.68. The van der Waals surface area contributed by atoms with Gasteiger partial charge in [0.05, 0.1) is 6.54 Å². The summed E-state index contributed by atoms with van der Waals surface area (Å²) in [6, 6.07) is 5.52. The average Bonchev–Trinajstić information content (AvgIpc) is 2.54. The molecule has 0 atom stereocenters. The number of hydrogen-bond donors (Lipinski definition) is 3. The molecule has 1 aromatic rings. The van der Waals surface area contributed by atoms with Gasteiger partial charge in [-0.1, -0.05) is 6.07 Å². The molecule has 0 bridgehead atoms. The van der Waals surface area contributed by atoms with Crippen molar-refractivity contribution in [2.24, 2.45) is 5.84 Å². The molecule has 1 saturated heterocycles. The highest BCUT2D eigenvalue weighted by Gasteiger charge is 2.15. The second-order valence-electron chi connectivity index (χ2n) is 3.65. The maximum Gasteiger partial charge on any atom is 0.239 e. The molecule has 0 aliphatic carbocycles. The lowest BCUT2D eigenvalue weighted by Crippen LogP contribution is -2.33. The minimum absolute atomic E-state index is 0.0328. The second-order valence-corrected chi connectivity index (χ2v) is 3.65. The van der Waals surface area contributed by atoms with Crippen molar-refractivity contribution < 1.29 is 4.79 Å². The molecule has 86 valence electrons. The Hall–Kier alpha value is -1.82. The van der Waals surface area contributed by atoms with Crippen molar-refractivity contribution in [3.8, 4) is 0 Å². The van der Waals surface area contributed by atoms with E-state index in [1.807, 2.05) is 17.0 Å². The zero-order valence-corrected chi connectivity index (χ0v) is 8.94. The van der Waals surface area contributed by atoms with Crippen LogP contribution in [0.15, 0.2) is 18.2 Å². The van der Waals surface area contributed by atoms with Crippen molar-refractivity contribution in [3.05, 3.63) is 18.2 Å². The van der Waals surface area contributed by atoms with Crippen LogP contribution in [-0.2, 0) is 4.79 Å². The molecule has 6 nitrogen and oxygen atoms in total. The van der Waals surface area contributed by atoms with Gasteiger partial charge in [0, 0.05) is 13.1 Å². The quantitative estimate of drug-likeness (QED) is 0.471. The summed E-state index contributed by atoms with van der Waals surface area (Å²) in [5.74, 6) is 6.70. The van der Waals surface area contributed by atoms with Gasteiger partial charge in [0.15, 0.2) is 0 Å². The molecule has 0 unspecified atom stereocenters. The third kappa shape index (κ3) is 2.40. The molecule has 1 amide bonds. The number of nitrogens with zero attached hydrogens (tertiary/aromatic N) is 2. The van der Waals surface area contributed by atoms with Gasteiger partial charge in [-0.05, 0) is 18.6 Å². The Balaban J connectivity index is 2.17. The Morgan fingerprint density at radius 3 is 3.19 bits per heavy atom. The van der Waals surface area contributed by atoms with Gasteiger partial charge >= 0.3 is 0 Å². The molecule has 0 saturated carbocycles. The fraction of sp³-hybridized carbons (Fsp3) is 0.400. The van der Waals surface area contributed by atoms with Crippen LogP contribution >= 0.6 is 0 Å². The third-order valence-electron chi connectivity index (χ3n) is 2.47. The highest BCUT2D eigenvalue weighted by atomic mass is 16.2. The highest BCUT2D eigenvalue weighted by Crippen LogP contribution is 2.14. The average molecular weight is 221 g/mol. The Bertz CT molecular complexity index is 381. The first kappa shape index (κ1) is 10.7. The molecule has 0 radical (unpaired) electrons. The van der Waals surface area contributed by atoms with E-state index in [4.69, 9.17) is 5.84 Å². The molecule has 1 aliphatic heterocycles. The van der Waals surface area contributed by atoms with Crippen LogP contribution in [0.2, 0.25) is 0 Å². The molecule has 1 aromatic heterocycles. The number of nitrogen functional groups attached to an aromatic ring is 1. The second kappa shape index (κ2) is 4.80. The standard InChI is InChI=1S/C10H15N5O/c11-14-8-3-1-4-9(13-8)15-6-2-5-12-10(16)7-15/h1,3-4H,2,5-7,11H2,(H,12,16)(H,13,14). The van der Waals surface area contributed by atoms with Gasteiger partial charge in [0.2, 0.25) is 5.91 Å². The van der Waals surface area contributed by atoms with Crippen LogP contribution in [0.1, 0.15) is 6.42 Å². The summed E-state index contributed by atoms with van der Waals surface area (Å²) in [7, 11) is 0. The molecule has 4 N–H and O–H groups in total. The fourth-order valence-electron chi connectivity index (χ4n) is 1.68. The maximum absolute atomic E-state index is 11.4. The summed E-state index contributed by atoms with van der Waals surface area (Å²) in [6.45, 7) is 1.89. The number of carbonyl (C=O) groups is 1. The van der Waals surface area contributed by atoms with E-state index in [-0.39, 0.29) is 5.91 Å². The van der Waals surface area contributed by atoms with Gasteiger partial charge in [-0.2, -0.15) is 0 Å². The van der Waals surface area contributed by atoms with Gasteiger partial charge in [0.1, 0.15) is 11.6 Å². The SMILES string of the molecule is NNc1cccc(N2CCCNC(=O)C2)n1. The number of aromatic nitrogens is 1. The number of nitrogens with one attached hydrogen (secondary N) is 2. The predicted octanol–water partition coefficient (Wildman–Crippen LogP) is -0.306. The van der Waals surface area contributed by atoms with Crippen LogP contribution in [0, 0.1) is 0 Å². The lowest BCUT2D eigenvalue weighted by molar-refractivity contribution is -0.119. The zero-order chi connectivity index (χ0) is 11.4. The molecule has 2 heterocycles. The number of amides is 1. The number of nitrogens with two attached hydrogens (primary N) is 1. The van der Waals surface area contributed by atoms with Crippen LogP contribution in [0.25, 0.3) is 0 Å². The van der Waals surface area contributed by atoms with E-state index in [0.717, 1.165) is 25.3 Å². The monoisotopic (exact) mass is 221 g/mol. The molecule has 0 spiro atoms. The Kier molecular flexibility index (Phi) is 3.21. The van der Waals surface area contributed by atoms with Crippen LogP contribution in [0.5, 0.6) is 0 Å². The summed E-state index contributed by atoms with van der Waals surface area (Å²) in [4.78, 5) is 17.6. The molecule has 16 heavy (non-hydrogen) atoms. The molecule has 1 fully saturated rings. The van der Waals surface area contributed by atoms with Gasteiger partial charge in [-0.15, -0.1) is 0 Å². The number of anilines is 2. The third-order valence-corrected chi connectivity index (χ3v) is 2.47. The predicted molar refractivity (Wildman–Crippen MR) is 61.9 cm³/mol. The van der Waals surface area contributed by atoms with E-state index in [9.17, 15) is 4.79 Å². The molecule has 2 rings (SSSR count). The van der Waals surface area contributed by atoms with E-state index in [1.54, 1.807) is 6.07 Å².